The Kier molecular flexibility index (Phi) is 5.88. The predicted molar refractivity (Wildman–Crippen MR) is 94.0 cm³/mol. The molecular weight excluding hydrogens is 268 g/mol. The van der Waals surface area contributed by atoms with E-state index in [9.17, 15) is 0 Å². The molecule has 1 heterocycles. The minimum atomic E-state index is 0.903. The van der Waals surface area contributed by atoms with Crippen molar-refractivity contribution in [1.82, 2.24) is 10.2 Å². The van der Waals surface area contributed by atoms with Crippen LogP contribution in [0.5, 0.6) is 0 Å². The lowest BCUT2D eigenvalue weighted by atomic mass is 9.98. The Labute approximate surface area is 134 Å². The van der Waals surface area contributed by atoms with E-state index in [2.05, 4.69) is 67.9 Å². The number of rotatable bonds is 7. The van der Waals surface area contributed by atoms with E-state index in [0.29, 0.717) is 0 Å². The number of allylic oxidation sites excluding steroid dienone is 1. The monoisotopic (exact) mass is 294 g/mol. The van der Waals surface area contributed by atoms with Crippen molar-refractivity contribution >= 4 is 5.57 Å². The van der Waals surface area contributed by atoms with E-state index in [0.717, 1.165) is 49.1 Å². The lowest BCUT2D eigenvalue weighted by Gasteiger charge is -2.11. The van der Waals surface area contributed by atoms with Crippen LogP contribution >= 0.6 is 0 Å². The van der Waals surface area contributed by atoms with Crippen molar-refractivity contribution in [2.24, 2.45) is 0 Å². The molecule has 1 aromatic carbocycles. The SMILES string of the molecule is C=C(CC)c1cc(CCc2ccccc2CC)nnc1CC. The first-order valence-corrected chi connectivity index (χ1v) is 8.29. The largest absolute Gasteiger partial charge is 0.155 e. The topological polar surface area (TPSA) is 25.8 Å². The van der Waals surface area contributed by atoms with Crippen LogP contribution in [0.15, 0.2) is 36.9 Å². The molecule has 2 aromatic rings. The van der Waals surface area contributed by atoms with Gasteiger partial charge in [0, 0.05) is 5.56 Å². The first-order valence-electron chi connectivity index (χ1n) is 8.29. The molecule has 2 heteroatoms. The Morgan fingerprint density at radius 1 is 0.955 bits per heavy atom. The summed E-state index contributed by atoms with van der Waals surface area (Å²) in [6.07, 6.45) is 4.88. The molecule has 1 aromatic heterocycles. The van der Waals surface area contributed by atoms with E-state index in [1.165, 1.54) is 16.7 Å². The van der Waals surface area contributed by atoms with Gasteiger partial charge in [0.1, 0.15) is 0 Å². The van der Waals surface area contributed by atoms with Crippen LogP contribution in [0.25, 0.3) is 5.57 Å². The molecule has 0 saturated heterocycles. The van der Waals surface area contributed by atoms with E-state index in [-0.39, 0.29) is 0 Å². The smallest absolute Gasteiger partial charge is 0.0703 e. The summed E-state index contributed by atoms with van der Waals surface area (Å²) in [4.78, 5) is 0. The molecule has 0 amide bonds. The molecule has 116 valence electrons. The van der Waals surface area contributed by atoms with E-state index in [1.807, 2.05) is 0 Å². The third-order valence-corrected chi connectivity index (χ3v) is 4.21. The quantitative estimate of drug-likeness (QED) is 0.732. The van der Waals surface area contributed by atoms with Crippen LogP contribution < -0.4 is 0 Å². The minimum absolute atomic E-state index is 0.903. The number of hydrogen-bond acceptors (Lipinski definition) is 2. The second-order valence-electron chi connectivity index (χ2n) is 5.63. The number of hydrogen-bond donors (Lipinski definition) is 0. The summed E-state index contributed by atoms with van der Waals surface area (Å²) in [5.41, 5.74) is 7.32. The second kappa shape index (κ2) is 7.88. The summed E-state index contributed by atoms with van der Waals surface area (Å²) in [5.74, 6) is 0. The van der Waals surface area contributed by atoms with E-state index < -0.39 is 0 Å². The Bertz CT molecular complexity index is 644. The summed E-state index contributed by atoms with van der Waals surface area (Å²) >= 11 is 0. The molecule has 0 saturated carbocycles. The molecule has 0 N–H and O–H groups in total. The lowest BCUT2D eigenvalue weighted by Crippen LogP contribution is -2.04. The van der Waals surface area contributed by atoms with Crippen molar-refractivity contribution < 1.29 is 0 Å². The molecule has 0 bridgehead atoms. The van der Waals surface area contributed by atoms with Gasteiger partial charge in [0.15, 0.2) is 0 Å². The summed E-state index contributed by atoms with van der Waals surface area (Å²) < 4.78 is 0. The van der Waals surface area contributed by atoms with Gasteiger partial charge < -0.3 is 0 Å². The average molecular weight is 294 g/mol. The number of benzene rings is 1. The highest BCUT2D eigenvalue weighted by Gasteiger charge is 2.09. The molecule has 0 fully saturated rings. The van der Waals surface area contributed by atoms with Gasteiger partial charge >= 0.3 is 0 Å². The highest BCUT2D eigenvalue weighted by Crippen LogP contribution is 2.21. The first-order chi connectivity index (χ1) is 10.7. The Balaban J connectivity index is 2.18. The number of aryl methyl sites for hydroxylation is 4. The molecular formula is C20H26N2. The normalized spacial score (nSPS) is 10.7. The summed E-state index contributed by atoms with van der Waals surface area (Å²) in [5, 5.41) is 8.82. The fourth-order valence-corrected chi connectivity index (χ4v) is 2.75. The van der Waals surface area contributed by atoms with Crippen LogP contribution in [0.1, 0.15) is 55.3 Å². The Morgan fingerprint density at radius 2 is 1.68 bits per heavy atom. The van der Waals surface area contributed by atoms with Crippen LogP contribution in [0.4, 0.5) is 0 Å². The number of nitrogens with zero attached hydrogens (tertiary/aromatic N) is 2. The third-order valence-electron chi connectivity index (χ3n) is 4.21. The molecule has 22 heavy (non-hydrogen) atoms. The standard InChI is InChI=1S/C20H26N2/c1-5-15(4)19-14-18(21-22-20(19)7-3)13-12-17-11-9-8-10-16(17)6-2/h8-11,14H,4-7,12-13H2,1-3H3. The van der Waals surface area contributed by atoms with Crippen LogP contribution in [0, 0.1) is 0 Å². The number of aromatic nitrogens is 2. The van der Waals surface area contributed by atoms with Gasteiger partial charge in [-0.3, -0.25) is 0 Å². The van der Waals surface area contributed by atoms with Crippen molar-refractivity contribution in [3.63, 3.8) is 0 Å². The highest BCUT2D eigenvalue weighted by molar-refractivity contribution is 5.65. The summed E-state index contributed by atoms with van der Waals surface area (Å²) in [7, 11) is 0. The Hall–Kier alpha value is -1.96. The van der Waals surface area contributed by atoms with Crippen LogP contribution in [-0.4, -0.2) is 10.2 Å². The first kappa shape index (κ1) is 16.4. The van der Waals surface area contributed by atoms with Gasteiger partial charge in [-0.15, -0.1) is 0 Å². The Morgan fingerprint density at radius 3 is 2.32 bits per heavy atom. The zero-order valence-electron chi connectivity index (χ0n) is 14.0. The summed E-state index contributed by atoms with van der Waals surface area (Å²) in [6.45, 7) is 10.6. The van der Waals surface area contributed by atoms with Crippen molar-refractivity contribution in [3.8, 4) is 0 Å². The van der Waals surface area contributed by atoms with E-state index >= 15 is 0 Å². The van der Waals surface area contributed by atoms with Gasteiger partial charge in [-0.1, -0.05) is 51.6 Å². The fourth-order valence-electron chi connectivity index (χ4n) is 2.75. The van der Waals surface area contributed by atoms with Crippen LogP contribution in [0.3, 0.4) is 0 Å². The predicted octanol–water partition coefficient (Wildman–Crippen LogP) is 4.81. The fraction of sp³-hybridized carbons (Fsp3) is 0.400. The van der Waals surface area contributed by atoms with Crippen LogP contribution in [-0.2, 0) is 25.7 Å². The lowest BCUT2D eigenvalue weighted by molar-refractivity contribution is 0.817. The van der Waals surface area contributed by atoms with Crippen molar-refractivity contribution in [2.45, 2.75) is 52.9 Å². The minimum Gasteiger partial charge on any atom is -0.155 e. The van der Waals surface area contributed by atoms with E-state index in [1.54, 1.807) is 0 Å². The second-order valence-corrected chi connectivity index (χ2v) is 5.63. The summed E-state index contributed by atoms with van der Waals surface area (Å²) in [6, 6.07) is 10.8. The zero-order valence-corrected chi connectivity index (χ0v) is 14.0. The highest BCUT2D eigenvalue weighted by atomic mass is 15.1. The maximum Gasteiger partial charge on any atom is 0.0703 e. The van der Waals surface area contributed by atoms with Gasteiger partial charge in [-0.25, -0.2) is 0 Å². The maximum atomic E-state index is 4.41. The van der Waals surface area contributed by atoms with Gasteiger partial charge in [-0.05, 0) is 54.9 Å². The molecule has 0 spiro atoms. The van der Waals surface area contributed by atoms with Crippen molar-refractivity contribution in [3.05, 3.63) is 65.0 Å². The van der Waals surface area contributed by atoms with Gasteiger partial charge in [0.05, 0.1) is 11.4 Å². The molecule has 0 aliphatic heterocycles. The average Bonchev–Trinajstić information content (AvgIpc) is 2.59. The van der Waals surface area contributed by atoms with Crippen molar-refractivity contribution in [2.75, 3.05) is 0 Å². The molecule has 0 radical (unpaired) electrons. The zero-order chi connectivity index (χ0) is 15.9. The molecule has 2 nitrogen and oxygen atoms in total. The third kappa shape index (κ3) is 3.82. The van der Waals surface area contributed by atoms with Gasteiger partial charge in [-0.2, -0.15) is 10.2 Å². The molecule has 0 atom stereocenters. The van der Waals surface area contributed by atoms with Crippen LogP contribution in [0.2, 0.25) is 0 Å². The maximum absolute atomic E-state index is 4.41. The van der Waals surface area contributed by atoms with Gasteiger partial charge in [0.25, 0.3) is 0 Å². The van der Waals surface area contributed by atoms with Crippen molar-refractivity contribution in [1.29, 1.82) is 0 Å². The molecule has 0 aliphatic carbocycles. The molecule has 2 rings (SSSR count). The molecule has 0 unspecified atom stereocenters. The van der Waals surface area contributed by atoms with E-state index in [4.69, 9.17) is 0 Å². The molecule has 0 aliphatic rings. The van der Waals surface area contributed by atoms with Gasteiger partial charge in [0.2, 0.25) is 0 Å².